The summed E-state index contributed by atoms with van der Waals surface area (Å²) < 4.78 is 0. The molecule has 19 heavy (non-hydrogen) atoms. The average Bonchev–Trinajstić information content (AvgIpc) is 2.87. The van der Waals surface area contributed by atoms with Crippen LogP contribution in [0.4, 0.5) is 0 Å². The van der Waals surface area contributed by atoms with E-state index in [0.29, 0.717) is 12.8 Å². The van der Waals surface area contributed by atoms with Gasteiger partial charge < -0.3 is 0 Å². The Morgan fingerprint density at radius 3 is 2.79 bits per heavy atom. The van der Waals surface area contributed by atoms with Crippen molar-refractivity contribution in [1.29, 1.82) is 0 Å². The molecule has 96 valence electrons. The van der Waals surface area contributed by atoms with Crippen LogP contribution in [-0.2, 0) is 30.5 Å². The monoisotopic (exact) mass is 251 g/mol. The molecule has 1 aromatic heterocycles. The zero-order valence-electron chi connectivity index (χ0n) is 10.9. The highest BCUT2D eigenvalue weighted by atomic mass is 16.1. The molecule has 0 bridgehead atoms. The lowest BCUT2D eigenvalue weighted by atomic mass is 10.0. The maximum Gasteiger partial charge on any atom is 0.143 e. The Kier molecular flexibility index (Phi) is 3.41. The smallest absolute Gasteiger partial charge is 0.143 e. The highest BCUT2D eigenvalue weighted by Gasteiger charge is 2.12. The minimum atomic E-state index is 0.233. The van der Waals surface area contributed by atoms with Crippen LogP contribution >= 0.6 is 0 Å². The van der Waals surface area contributed by atoms with Crippen LogP contribution in [0.1, 0.15) is 28.8 Å². The van der Waals surface area contributed by atoms with Crippen molar-refractivity contribution >= 4 is 5.78 Å². The highest BCUT2D eigenvalue weighted by molar-refractivity contribution is 5.82. The summed E-state index contributed by atoms with van der Waals surface area (Å²) in [5.41, 5.74) is 4.89. The van der Waals surface area contributed by atoms with Crippen molar-refractivity contribution < 1.29 is 4.79 Å². The number of carbonyl (C=O) groups is 1. The van der Waals surface area contributed by atoms with Gasteiger partial charge in [0, 0.05) is 24.7 Å². The first kappa shape index (κ1) is 12.1. The fourth-order valence-corrected chi connectivity index (χ4v) is 2.73. The summed E-state index contributed by atoms with van der Waals surface area (Å²) in [5, 5.41) is 0. The van der Waals surface area contributed by atoms with Crippen LogP contribution < -0.4 is 0 Å². The Morgan fingerprint density at radius 2 is 1.95 bits per heavy atom. The fraction of sp³-hybridized carbons (Fsp3) is 0.294. The van der Waals surface area contributed by atoms with Gasteiger partial charge in [0.15, 0.2) is 0 Å². The molecule has 1 aromatic carbocycles. The summed E-state index contributed by atoms with van der Waals surface area (Å²) in [6.07, 6.45) is 6.29. The molecule has 0 amide bonds. The fourth-order valence-electron chi connectivity index (χ4n) is 2.73. The third-order valence-electron chi connectivity index (χ3n) is 3.67. The molecule has 0 fully saturated rings. The van der Waals surface area contributed by atoms with E-state index in [9.17, 15) is 4.79 Å². The number of benzene rings is 1. The zero-order valence-corrected chi connectivity index (χ0v) is 10.9. The lowest BCUT2D eigenvalue weighted by Gasteiger charge is -2.04. The van der Waals surface area contributed by atoms with Crippen LogP contribution in [-0.4, -0.2) is 10.8 Å². The maximum absolute atomic E-state index is 12.0. The van der Waals surface area contributed by atoms with Crippen molar-refractivity contribution in [3.63, 3.8) is 0 Å². The van der Waals surface area contributed by atoms with E-state index >= 15 is 0 Å². The number of aromatic nitrogens is 1. The number of fused-ring (bicyclic) bond motifs is 1. The summed E-state index contributed by atoms with van der Waals surface area (Å²) in [6.45, 7) is 0. The first-order valence-corrected chi connectivity index (χ1v) is 6.83. The topological polar surface area (TPSA) is 30.0 Å². The number of aryl methyl sites for hydroxylation is 2. The van der Waals surface area contributed by atoms with Gasteiger partial charge in [0.25, 0.3) is 0 Å². The number of nitrogens with zero attached hydrogens (tertiary/aromatic N) is 1. The summed E-state index contributed by atoms with van der Waals surface area (Å²) in [6, 6.07) is 12.2. The quantitative estimate of drug-likeness (QED) is 0.836. The van der Waals surface area contributed by atoms with Crippen molar-refractivity contribution in [2.75, 3.05) is 0 Å². The maximum atomic E-state index is 12.0. The minimum Gasteiger partial charge on any atom is -0.299 e. The predicted octanol–water partition coefficient (Wildman–Crippen LogP) is 2.92. The SMILES string of the molecule is O=C(Cc1ccc2c(c1)CCC2)Cc1ccccn1. The second-order valence-corrected chi connectivity index (χ2v) is 5.17. The molecule has 0 saturated heterocycles. The van der Waals surface area contributed by atoms with Crippen LogP contribution in [0.3, 0.4) is 0 Å². The molecular weight excluding hydrogens is 234 g/mol. The molecule has 0 N–H and O–H groups in total. The Hall–Kier alpha value is -1.96. The van der Waals surface area contributed by atoms with Crippen LogP contribution in [0, 0.1) is 0 Å². The van der Waals surface area contributed by atoms with E-state index in [-0.39, 0.29) is 5.78 Å². The number of pyridine rings is 1. The number of rotatable bonds is 4. The molecule has 2 aromatic rings. The van der Waals surface area contributed by atoms with Gasteiger partial charge in [-0.3, -0.25) is 9.78 Å². The van der Waals surface area contributed by atoms with E-state index in [1.807, 2.05) is 18.2 Å². The first-order valence-electron chi connectivity index (χ1n) is 6.83. The third-order valence-corrected chi connectivity index (χ3v) is 3.67. The van der Waals surface area contributed by atoms with Gasteiger partial charge >= 0.3 is 0 Å². The van der Waals surface area contributed by atoms with Crippen LogP contribution in [0.2, 0.25) is 0 Å². The van der Waals surface area contributed by atoms with Crippen LogP contribution in [0.25, 0.3) is 0 Å². The molecule has 1 heterocycles. The van der Waals surface area contributed by atoms with Gasteiger partial charge in [-0.1, -0.05) is 24.3 Å². The number of carbonyl (C=O) groups excluding carboxylic acids is 1. The predicted molar refractivity (Wildman–Crippen MR) is 75.1 cm³/mol. The lowest BCUT2D eigenvalue weighted by Crippen LogP contribution is -2.08. The minimum absolute atomic E-state index is 0.233. The number of Topliss-reactive ketones (excluding diaryl/α,β-unsaturated/α-hetero) is 1. The van der Waals surface area contributed by atoms with E-state index in [2.05, 4.69) is 23.2 Å². The summed E-state index contributed by atoms with van der Waals surface area (Å²) in [7, 11) is 0. The van der Waals surface area contributed by atoms with E-state index in [1.54, 1.807) is 6.20 Å². The molecule has 3 rings (SSSR count). The van der Waals surface area contributed by atoms with Gasteiger partial charge in [-0.05, 0) is 48.1 Å². The average molecular weight is 251 g/mol. The van der Waals surface area contributed by atoms with E-state index in [4.69, 9.17) is 0 Å². The second-order valence-electron chi connectivity index (χ2n) is 5.17. The molecule has 0 unspecified atom stereocenters. The lowest BCUT2D eigenvalue weighted by molar-refractivity contribution is -0.117. The molecule has 0 aliphatic heterocycles. The molecule has 0 radical (unpaired) electrons. The molecule has 1 aliphatic rings. The van der Waals surface area contributed by atoms with E-state index < -0.39 is 0 Å². The molecule has 2 heteroatoms. The Bertz CT molecular complexity index is 589. The first-order chi connectivity index (χ1) is 9.31. The highest BCUT2D eigenvalue weighted by Crippen LogP contribution is 2.23. The Balaban J connectivity index is 1.66. The van der Waals surface area contributed by atoms with E-state index in [0.717, 1.165) is 17.7 Å². The van der Waals surface area contributed by atoms with Crippen molar-refractivity contribution in [1.82, 2.24) is 4.98 Å². The zero-order chi connectivity index (χ0) is 13.1. The van der Waals surface area contributed by atoms with Gasteiger partial charge in [0.05, 0.1) is 0 Å². The number of ketones is 1. The standard InChI is InChI=1S/C17H17NO/c19-17(12-16-6-1-2-9-18-16)11-13-7-8-14-4-3-5-15(14)10-13/h1-2,6-10H,3-5,11-12H2. The Labute approximate surface area is 113 Å². The van der Waals surface area contributed by atoms with Crippen molar-refractivity contribution in [3.8, 4) is 0 Å². The summed E-state index contributed by atoms with van der Waals surface area (Å²) in [5.74, 6) is 0.233. The second kappa shape index (κ2) is 5.35. The van der Waals surface area contributed by atoms with Crippen LogP contribution in [0.5, 0.6) is 0 Å². The molecule has 0 atom stereocenters. The molecule has 1 aliphatic carbocycles. The van der Waals surface area contributed by atoms with Crippen molar-refractivity contribution in [2.24, 2.45) is 0 Å². The van der Waals surface area contributed by atoms with Crippen molar-refractivity contribution in [3.05, 3.63) is 65.0 Å². The van der Waals surface area contributed by atoms with Gasteiger partial charge in [-0.2, -0.15) is 0 Å². The van der Waals surface area contributed by atoms with Gasteiger partial charge in [-0.15, -0.1) is 0 Å². The van der Waals surface area contributed by atoms with Crippen molar-refractivity contribution in [2.45, 2.75) is 32.1 Å². The normalized spacial score (nSPS) is 13.3. The largest absolute Gasteiger partial charge is 0.299 e. The molecule has 2 nitrogen and oxygen atoms in total. The van der Waals surface area contributed by atoms with Gasteiger partial charge in [-0.25, -0.2) is 0 Å². The Morgan fingerprint density at radius 1 is 1.05 bits per heavy atom. The summed E-state index contributed by atoms with van der Waals surface area (Å²) in [4.78, 5) is 16.2. The van der Waals surface area contributed by atoms with Crippen LogP contribution in [0.15, 0.2) is 42.6 Å². The summed E-state index contributed by atoms with van der Waals surface area (Å²) >= 11 is 0. The molecule has 0 spiro atoms. The van der Waals surface area contributed by atoms with Gasteiger partial charge in [0.2, 0.25) is 0 Å². The third kappa shape index (κ3) is 2.90. The van der Waals surface area contributed by atoms with E-state index in [1.165, 1.54) is 24.0 Å². The molecular formula is C17H17NO. The number of hydrogen-bond acceptors (Lipinski definition) is 2. The molecule has 0 saturated carbocycles. The van der Waals surface area contributed by atoms with Gasteiger partial charge in [0.1, 0.15) is 5.78 Å². The number of hydrogen-bond donors (Lipinski definition) is 0.